The van der Waals surface area contributed by atoms with Crippen LogP contribution in [-0.4, -0.2) is 45.6 Å². The Hall–Kier alpha value is -1.99. The van der Waals surface area contributed by atoms with Gasteiger partial charge >= 0.3 is 0 Å². The van der Waals surface area contributed by atoms with Gasteiger partial charge in [-0.05, 0) is 52.9 Å². The quantitative estimate of drug-likeness (QED) is 0.595. The molecule has 138 valence electrons. The van der Waals surface area contributed by atoms with Crippen molar-refractivity contribution in [2.45, 2.75) is 18.9 Å². The van der Waals surface area contributed by atoms with E-state index in [0.717, 1.165) is 53.3 Å². The minimum Gasteiger partial charge on any atom is -0.353 e. The summed E-state index contributed by atoms with van der Waals surface area (Å²) in [6, 6.07) is 6.07. The first-order valence-corrected chi connectivity index (χ1v) is 10.3. The van der Waals surface area contributed by atoms with Gasteiger partial charge in [-0.25, -0.2) is 15.0 Å². The smallest absolute Gasteiger partial charge is 0.147 e. The lowest BCUT2D eigenvalue weighted by Crippen LogP contribution is -2.48. The maximum atomic E-state index is 6.05. The van der Waals surface area contributed by atoms with Crippen LogP contribution in [0.4, 0.5) is 11.6 Å². The summed E-state index contributed by atoms with van der Waals surface area (Å²) >= 11 is 9.42. The lowest BCUT2D eigenvalue weighted by molar-refractivity contribution is 0.388. The van der Waals surface area contributed by atoms with E-state index in [1.165, 1.54) is 6.42 Å². The van der Waals surface area contributed by atoms with Crippen LogP contribution in [0, 0.1) is 5.92 Å². The highest BCUT2D eigenvalue weighted by molar-refractivity contribution is 9.10. The van der Waals surface area contributed by atoms with Gasteiger partial charge in [0.15, 0.2) is 0 Å². The van der Waals surface area contributed by atoms with Crippen LogP contribution < -0.4 is 9.80 Å². The fraction of sp³-hybridized carbons (Fsp3) is 0.368. The minimum absolute atomic E-state index is 0.428. The first-order valence-electron chi connectivity index (χ1n) is 9.09. The van der Waals surface area contributed by atoms with Gasteiger partial charge in [-0.3, -0.25) is 4.98 Å². The van der Waals surface area contributed by atoms with Crippen molar-refractivity contribution in [3.05, 3.63) is 46.4 Å². The molecule has 1 aromatic carbocycles. The van der Waals surface area contributed by atoms with Gasteiger partial charge in [0.05, 0.1) is 35.7 Å². The van der Waals surface area contributed by atoms with E-state index in [2.05, 4.69) is 40.7 Å². The van der Waals surface area contributed by atoms with E-state index in [4.69, 9.17) is 16.6 Å². The number of rotatable bonds is 2. The van der Waals surface area contributed by atoms with Crippen LogP contribution >= 0.6 is 27.5 Å². The number of halogens is 2. The molecule has 5 rings (SSSR count). The number of anilines is 2. The molecule has 0 amide bonds. The van der Waals surface area contributed by atoms with Gasteiger partial charge in [0.2, 0.25) is 0 Å². The molecule has 3 aromatic rings. The molecule has 0 N–H and O–H groups in total. The molecule has 8 heteroatoms. The second kappa shape index (κ2) is 6.87. The molecule has 2 aromatic heterocycles. The third kappa shape index (κ3) is 3.23. The van der Waals surface area contributed by atoms with Crippen LogP contribution in [0.25, 0.3) is 11.0 Å². The van der Waals surface area contributed by atoms with E-state index in [1.54, 1.807) is 6.20 Å². The molecule has 6 nitrogen and oxygen atoms in total. The average molecular weight is 446 g/mol. The van der Waals surface area contributed by atoms with E-state index < -0.39 is 0 Å². The molecule has 27 heavy (non-hydrogen) atoms. The molecule has 0 bridgehead atoms. The topological polar surface area (TPSA) is 58.0 Å². The number of fused-ring (bicyclic) bond motifs is 2. The molecule has 0 aliphatic carbocycles. The molecule has 0 spiro atoms. The number of hydrogen-bond acceptors (Lipinski definition) is 6. The Morgan fingerprint density at radius 2 is 1.81 bits per heavy atom. The number of hydrogen-bond donors (Lipinski definition) is 0. The van der Waals surface area contributed by atoms with E-state index in [0.29, 0.717) is 17.0 Å². The monoisotopic (exact) mass is 444 g/mol. The van der Waals surface area contributed by atoms with Gasteiger partial charge in [-0.1, -0.05) is 11.6 Å². The summed E-state index contributed by atoms with van der Waals surface area (Å²) < 4.78 is 0.763. The van der Waals surface area contributed by atoms with Crippen molar-refractivity contribution >= 4 is 50.2 Å². The standard InChI is InChI=1S/C19H18BrClN6/c20-17-8-24-18(9-23-17)27-6-4-12-3-5-26(11-16(12)27)19-10-22-15-7-13(21)1-2-14(15)25-19/h1-2,7-10,12,16H,3-6,11H2. The summed E-state index contributed by atoms with van der Waals surface area (Å²) in [6.07, 6.45) is 7.84. The zero-order valence-corrected chi connectivity index (χ0v) is 16.9. The summed E-state index contributed by atoms with van der Waals surface area (Å²) in [5.41, 5.74) is 1.70. The highest BCUT2D eigenvalue weighted by Gasteiger charge is 2.39. The van der Waals surface area contributed by atoms with Gasteiger partial charge < -0.3 is 9.80 Å². The van der Waals surface area contributed by atoms with Crippen molar-refractivity contribution in [1.82, 2.24) is 19.9 Å². The van der Waals surface area contributed by atoms with Gasteiger partial charge in [0.25, 0.3) is 0 Å². The molecular weight excluding hydrogens is 428 g/mol. The van der Waals surface area contributed by atoms with Crippen molar-refractivity contribution in [2.24, 2.45) is 5.92 Å². The molecular formula is C19H18BrClN6. The summed E-state index contributed by atoms with van der Waals surface area (Å²) in [5, 5.41) is 0.683. The summed E-state index contributed by atoms with van der Waals surface area (Å²) in [4.78, 5) is 23.0. The Morgan fingerprint density at radius 3 is 2.67 bits per heavy atom. The number of aromatic nitrogens is 4. The van der Waals surface area contributed by atoms with Crippen LogP contribution in [0.3, 0.4) is 0 Å². The number of nitrogens with zero attached hydrogens (tertiary/aromatic N) is 6. The Balaban J connectivity index is 1.41. The van der Waals surface area contributed by atoms with Gasteiger partial charge in [0.1, 0.15) is 16.2 Å². The Morgan fingerprint density at radius 1 is 0.963 bits per heavy atom. The second-order valence-electron chi connectivity index (χ2n) is 7.10. The zero-order chi connectivity index (χ0) is 18.4. The molecule has 0 radical (unpaired) electrons. The normalized spacial score (nSPS) is 22.3. The Kier molecular flexibility index (Phi) is 4.36. The van der Waals surface area contributed by atoms with Crippen molar-refractivity contribution < 1.29 is 0 Å². The third-order valence-electron chi connectivity index (χ3n) is 5.58. The fourth-order valence-corrected chi connectivity index (χ4v) is 4.58. The second-order valence-corrected chi connectivity index (χ2v) is 8.35. The maximum absolute atomic E-state index is 6.05. The van der Waals surface area contributed by atoms with E-state index in [1.807, 2.05) is 30.6 Å². The summed E-state index contributed by atoms with van der Waals surface area (Å²) in [6.45, 7) is 2.96. The summed E-state index contributed by atoms with van der Waals surface area (Å²) in [5.74, 6) is 2.57. The van der Waals surface area contributed by atoms with Gasteiger partial charge in [-0.2, -0.15) is 0 Å². The Bertz CT molecular complexity index is 982. The van der Waals surface area contributed by atoms with Crippen LogP contribution in [0.2, 0.25) is 5.02 Å². The van der Waals surface area contributed by atoms with E-state index in [9.17, 15) is 0 Å². The molecule has 2 unspecified atom stereocenters. The summed E-state index contributed by atoms with van der Waals surface area (Å²) in [7, 11) is 0. The Labute approximate surface area is 170 Å². The molecule has 2 atom stereocenters. The highest BCUT2D eigenvalue weighted by Crippen LogP contribution is 2.35. The first-order chi connectivity index (χ1) is 13.2. The molecule has 2 fully saturated rings. The van der Waals surface area contributed by atoms with Gasteiger partial charge in [0, 0.05) is 24.7 Å². The van der Waals surface area contributed by atoms with Crippen LogP contribution in [0.1, 0.15) is 12.8 Å². The number of piperidine rings is 1. The predicted octanol–water partition coefficient (Wildman–Crippen LogP) is 3.94. The molecule has 4 heterocycles. The number of benzene rings is 1. The van der Waals surface area contributed by atoms with Crippen molar-refractivity contribution in [3.63, 3.8) is 0 Å². The minimum atomic E-state index is 0.428. The average Bonchev–Trinajstić information content (AvgIpc) is 3.11. The lowest BCUT2D eigenvalue weighted by Gasteiger charge is -2.39. The molecule has 2 aliphatic rings. The van der Waals surface area contributed by atoms with Crippen LogP contribution in [0.15, 0.2) is 41.4 Å². The van der Waals surface area contributed by atoms with E-state index >= 15 is 0 Å². The fourth-order valence-electron chi connectivity index (χ4n) is 4.21. The largest absolute Gasteiger partial charge is 0.353 e. The predicted molar refractivity (Wildman–Crippen MR) is 110 cm³/mol. The van der Waals surface area contributed by atoms with Crippen molar-refractivity contribution in [1.29, 1.82) is 0 Å². The molecule has 0 saturated carbocycles. The van der Waals surface area contributed by atoms with E-state index in [-0.39, 0.29) is 0 Å². The zero-order valence-electron chi connectivity index (χ0n) is 14.6. The SMILES string of the molecule is Clc1ccc2nc(N3CCC4CCN(c5cnc(Br)cn5)C4C3)cnc2c1. The van der Waals surface area contributed by atoms with Crippen LogP contribution in [-0.2, 0) is 0 Å². The highest BCUT2D eigenvalue weighted by atomic mass is 79.9. The van der Waals surface area contributed by atoms with Crippen molar-refractivity contribution in [2.75, 3.05) is 29.4 Å². The lowest BCUT2D eigenvalue weighted by atomic mass is 9.92. The van der Waals surface area contributed by atoms with Crippen molar-refractivity contribution in [3.8, 4) is 0 Å². The van der Waals surface area contributed by atoms with Crippen LogP contribution in [0.5, 0.6) is 0 Å². The van der Waals surface area contributed by atoms with Gasteiger partial charge in [-0.15, -0.1) is 0 Å². The molecule has 2 saturated heterocycles. The maximum Gasteiger partial charge on any atom is 0.147 e. The third-order valence-corrected chi connectivity index (χ3v) is 6.22. The molecule has 2 aliphatic heterocycles. The first kappa shape index (κ1) is 17.1.